The van der Waals surface area contributed by atoms with Gasteiger partial charge in [-0.2, -0.15) is 0 Å². The van der Waals surface area contributed by atoms with Crippen LogP contribution in [0, 0.1) is 12.8 Å². The summed E-state index contributed by atoms with van der Waals surface area (Å²) < 4.78 is 26.6. The van der Waals surface area contributed by atoms with Crippen LogP contribution in [0.1, 0.15) is 31.7 Å². The number of carboxylic acid groups (broad SMARTS) is 1. The first-order chi connectivity index (χ1) is 9.31. The summed E-state index contributed by atoms with van der Waals surface area (Å²) in [6.07, 6.45) is 1.30. The van der Waals surface area contributed by atoms with Gasteiger partial charge in [-0.3, -0.25) is 4.79 Å². The Morgan fingerprint density at radius 3 is 2.65 bits per heavy atom. The Labute approximate surface area is 120 Å². The number of benzene rings is 1. The fraction of sp³-hybridized carbons (Fsp3) is 0.500. The number of carbonyl (C=O) groups is 1. The smallest absolute Gasteiger partial charge is 0.303 e. The van der Waals surface area contributed by atoms with E-state index in [4.69, 9.17) is 5.11 Å². The minimum atomic E-state index is -3.48. The van der Waals surface area contributed by atoms with Crippen LogP contribution in [-0.2, 0) is 14.8 Å². The van der Waals surface area contributed by atoms with Crippen LogP contribution in [0.15, 0.2) is 29.2 Å². The summed E-state index contributed by atoms with van der Waals surface area (Å²) in [4.78, 5) is 10.7. The largest absolute Gasteiger partial charge is 0.481 e. The molecule has 0 amide bonds. The van der Waals surface area contributed by atoms with Crippen molar-refractivity contribution in [3.8, 4) is 0 Å². The van der Waals surface area contributed by atoms with Gasteiger partial charge in [0, 0.05) is 13.0 Å². The van der Waals surface area contributed by atoms with Gasteiger partial charge < -0.3 is 5.11 Å². The van der Waals surface area contributed by atoms with Crippen LogP contribution in [0.2, 0.25) is 0 Å². The average Bonchev–Trinajstić information content (AvgIpc) is 2.36. The molecule has 0 aliphatic rings. The highest BCUT2D eigenvalue weighted by Gasteiger charge is 2.14. The number of hydrogen-bond donors (Lipinski definition) is 2. The lowest BCUT2D eigenvalue weighted by Gasteiger charge is -2.11. The first kappa shape index (κ1) is 16.7. The van der Waals surface area contributed by atoms with Crippen molar-refractivity contribution in [3.63, 3.8) is 0 Å². The third kappa shape index (κ3) is 5.71. The molecular weight excluding hydrogens is 278 g/mol. The molecule has 2 N–H and O–H groups in total. The lowest BCUT2D eigenvalue weighted by atomic mass is 10.0. The highest BCUT2D eigenvalue weighted by molar-refractivity contribution is 7.89. The summed E-state index contributed by atoms with van der Waals surface area (Å²) in [6.45, 7) is 4.08. The molecule has 6 heteroatoms. The van der Waals surface area contributed by atoms with Gasteiger partial charge in [0.05, 0.1) is 4.90 Å². The maximum atomic E-state index is 12.0. The summed E-state index contributed by atoms with van der Waals surface area (Å²) in [5.74, 6) is -0.650. The van der Waals surface area contributed by atoms with Crippen molar-refractivity contribution in [3.05, 3.63) is 29.8 Å². The van der Waals surface area contributed by atoms with Crippen LogP contribution >= 0.6 is 0 Å². The van der Waals surface area contributed by atoms with Crippen molar-refractivity contribution < 1.29 is 18.3 Å². The molecule has 0 saturated carbocycles. The SMILES string of the molecule is Cc1cccc(S(=O)(=O)NCCC(C)CCC(=O)O)c1. The van der Waals surface area contributed by atoms with Gasteiger partial charge in [-0.15, -0.1) is 0 Å². The third-order valence-corrected chi connectivity index (χ3v) is 4.54. The van der Waals surface area contributed by atoms with Gasteiger partial charge in [0.25, 0.3) is 0 Å². The molecule has 0 aromatic heterocycles. The fourth-order valence-electron chi connectivity index (χ4n) is 1.82. The summed E-state index contributed by atoms with van der Waals surface area (Å²) >= 11 is 0. The van der Waals surface area contributed by atoms with Crippen LogP contribution in [0.25, 0.3) is 0 Å². The number of aryl methyl sites for hydroxylation is 1. The lowest BCUT2D eigenvalue weighted by Crippen LogP contribution is -2.26. The van der Waals surface area contributed by atoms with Gasteiger partial charge >= 0.3 is 5.97 Å². The maximum absolute atomic E-state index is 12.0. The lowest BCUT2D eigenvalue weighted by molar-refractivity contribution is -0.137. The Morgan fingerprint density at radius 2 is 2.05 bits per heavy atom. The van der Waals surface area contributed by atoms with Crippen LogP contribution < -0.4 is 4.72 Å². The number of rotatable bonds is 8. The third-order valence-electron chi connectivity index (χ3n) is 3.08. The monoisotopic (exact) mass is 299 g/mol. The highest BCUT2D eigenvalue weighted by atomic mass is 32.2. The van der Waals surface area contributed by atoms with Crippen LogP contribution in [0.3, 0.4) is 0 Å². The minimum absolute atomic E-state index is 0.117. The second-order valence-corrected chi connectivity index (χ2v) is 6.81. The second-order valence-electron chi connectivity index (χ2n) is 5.04. The zero-order valence-corrected chi connectivity index (χ0v) is 12.6. The van der Waals surface area contributed by atoms with Crippen molar-refractivity contribution in [2.45, 2.75) is 38.0 Å². The topological polar surface area (TPSA) is 83.5 Å². The number of hydrogen-bond acceptors (Lipinski definition) is 3. The van der Waals surface area contributed by atoms with Gasteiger partial charge in [0.2, 0.25) is 10.0 Å². The number of nitrogens with one attached hydrogen (secondary N) is 1. The number of carboxylic acids is 1. The Bertz CT molecular complexity index is 554. The van der Waals surface area contributed by atoms with Crippen LogP contribution in [-0.4, -0.2) is 26.0 Å². The molecule has 0 spiro atoms. The van der Waals surface area contributed by atoms with E-state index in [2.05, 4.69) is 4.72 Å². The van der Waals surface area contributed by atoms with Crippen LogP contribution in [0.4, 0.5) is 0 Å². The van der Waals surface area contributed by atoms with Gasteiger partial charge in [0.1, 0.15) is 0 Å². The molecule has 0 aliphatic carbocycles. The quantitative estimate of drug-likeness (QED) is 0.770. The Hall–Kier alpha value is -1.40. The maximum Gasteiger partial charge on any atom is 0.303 e. The number of sulfonamides is 1. The Kier molecular flexibility index (Phi) is 6.16. The molecule has 1 rings (SSSR count). The fourth-order valence-corrected chi connectivity index (χ4v) is 2.97. The first-order valence-electron chi connectivity index (χ1n) is 6.59. The molecule has 0 saturated heterocycles. The zero-order valence-electron chi connectivity index (χ0n) is 11.8. The molecule has 0 heterocycles. The summed E-state index contributed by atoms with van der Waals surface area (Å²) in [6, 6.07) is 6.73. The van der Waals surface area contributed by atoms with Crippen molar-refractivity contribution in [1.82, 2.24) is 4.72 Å². The molecule has 112 valence electrons. The van der Waals surface area contributed by atoms with E-state index in [1.54, 1.807) is 18.2 Å². The normalized spacial score (nSPS) is 13.1. The van der Waals surface area contributed by atoms with Crippen molar-refractivity contribution in [2.75, 3.05) is 6.54 Å². The predicted molar refractivity (Wildman–Crippen MR) is 77.0 cm³/mol. The molecule has 20 heavy (non-hydrogen) atoms. The molecule has 1 aromatic carbocycles. The summed E-state index contributed by atoms with van der Waals surface area (Å²) in [5, 5.41) is 8.58. The summed E-state index contributed by atoms with van der Waals surface area (Å²) in [7, 11) is -3.48. The van der Waals surface area contributed by atoms with E-state index < -0.39 is 16.0 Å². The second kappa shape index (κ2) is 7.40. The first-order valence-corrected chi connectivity index (χ1v) is 8.07. The van der Waals surface area contributed by atoms with Gasteiger partial charge in [-0.1, -0.05) is 19.1 Å². The van der Waals surface area contributed by atoms with Gasteiger partial charge in [0.15, 0.2) is 0 Å². The molecule has 5 nitrogen and oxygen atoms in total. The molecule has 0 fully saturated rings. The molecule has 0 bridgehead atoms. The molecule has 1 atom stereocenters. The Morgan fingerprint density at radius 1 is 1.35 bits per heavy atom. The van der Waals surface area contributed by atoms with E-state index in [9.17, 15) is 13.2 Å². The van der Waals surface area contributed by atoms with E-state index in [-0.39, 0.29) is 17.2 Å². The highest BCUT2D eigenvalue weighted by Crippen LogP contribution is 2.12. The average molecular weight is 299 g/mol. The van der Waals surface area contributed by atoms with Crippen molar-refractivity contribution >= 4 is 16.0 Å². The van der Waals surface area contributed by atoms with Crippen molar-refractivity contribution in [2.24, 2.45) is 5.92 Å². The molecular formula is C14H21NO4S. The van der Waals surface area contributed by atoms with Crippen molar-refractivity contribution in [1.29, 1.82) is 0 Å². The Balaban J connectivity index is 2.46. The predicted octanol–water partition coefficient (Wildman–Crippen LogP) is 2.16. The molecule has 1 unspecified atom stereocenters. The van der Waals surface area contributed by atoms with E-state index >= 15 is 0 Å². The van der Waals surface area contributed by atoms with E-state index in [1.165, 1.54) is 0 Å². The van der Waals surface area contributed by atoms with E-state index in [1.807, 2.05) is 19.9 Å². The van der Waals surface area contributed by atoms with Gasteiger partial charge in [-0.25, -0.2) is 13.1 Å². The molecule has 0 aliphatic heterocycles. The molecule has 0 radical (unpaired) electrons. The number of aliphatic carboxylic acids is 1. The van der Waals surface area contributed by atoms with E-state index in [0.29, 0.717) is 19.4 Å². The van der Waals surface area contributed by atoms with E-state index in [0.717, 1.165) is 5.56 Å². The molecule has 1 aromatic rings. The zero-order chi connectivity index (χ0) is 15.2. The minimum Gasteiger partial charge on any atom is -0.481 e. The standard InChI is InChI=1S/C14H21NO4S/c1-11(6-7-14(16)17)8-9-15-20(18,19)13-5-3-4-12(2)10-13/h3-5,10-11,15H,6-9H2,1-2H3,(H,16,17). The van der Waals surface area contributed by atoms with Gasteiger partial charge in [-0.05, 0) is 43.4 Å². The van der Waals surface area contributed by atoms with Crippen LogP contribution in [0.5, 0.6) is 0 Å². The summed E-state index contributed by atoms with van der Waals surface area (Å²) in [5.41, 5.74) is 0.891.